The summed E-state index contributed by atoms with van der Waals surface area (Å²) in [4.78, 5) is 38.3. The summed E-state index contributed by atoms with van der Waals surface area (Å²) in [6, 6.07) is 16.1. The lowest BCUT2D eigenvalue weighted by atomic mass is 10.1. The molecular formula is C21H21NO6. The van der Waals surface area contributed by atoms with Gasteiger partial charge in [-0.2, -0.15) is 0 Å². The molecule has 0 bridgehead atoms. The number of esters is 2. The Labute approximate surface area is 162 Å². The van der Waals surface area contributed by atoms with Crippen LogP contribution < -0.4 is 9.64 Å². The molecule has 0 radical (unpaired) electrons. The molecule has 0 spiro atoms. The van der Waals surface area contributed by atoms with Crippen LogP contribution in [0.3, 0.4) is 0 Å². The number of amides is 1. The fourth-order valence-electron chi connectivity index (χ4n) is 2.84. The van der Waals surface area contributed by atoms with E-state index in [9.17, 15) is 14.4 Å². The van der Waals surface area contributed by atoms with Crippen molar-refractivity contribution < 1.29 is 28.6 Å². The Morgan fingerprint density at radius 1 is 1.04 bits per heavy atom. The van der Waals surface area contributed by atoms with Crippen LogP contribution in [-0.4, -0.2) is 37.1 Å². The van der Waals surface area contributed by atoms with Gasteiger partial charge in [-0.1, -0.05) is 42.5 Å². The summed E-state index contributed by atoms with van der Waals surface area (Å²) in [6.45, 7) is 1.97. The first-order valence-electron chi connectivity index (χ1n) is 9.00. The topological polar surface area (TPSA) is 82.1 Å². The van der Waals surface area contributed by atoms with Crippen LogP contribution in [0.2, 0.25) is 0 Å². The maximum absolute atomic E-state index is 12.7. The minimum atomic E-state index is -0.945. The molecule has 1 unspecified atom stereocenters. The molecule has 1 aliphatic rings. The van der Waals surface area contributed by atoms with Crippen molar-refractivity contribution in [1.82, 2.24) is 0 Å². The first-order valence-corrected chi connectivity index (χ1v) is 9.00. The molecule has 0 aliphatic carbocycles. The number of benzene rings is 2. The van der Waals surface area contributed by atoms with Gasteiger partial charge in [0.2, 0.25) is 12.0 Å². The molecule has 1 atom stereocenters. The van der Waals surface area contributed by atoms with Crippen LogP contribution in [0.4, 0.5) is 5.69 Å². The molecule has 7 heteroatoms. The van der Waals surface area contributed by atoms with Crippen molar-refractivity contribution in [3.63, 3.8) is 0 Å². The standard InChI is InChI=1S/C21H21NO6/c1-2-26-21(25)18-13-22(16-10-6-7-11-17(16)28-18)19(23)12-20(24)27-14-15-8-4-3-5-9-15/h3-11,18H,2,12-14H2,1H3. The molecular weight excluding hydrogens is 362 g/mol. The quantitative estimate of drug-likeness (QED) is 0.563. The molecule has 1 aliphatic heterocycles. The molecule has 1 amide bonds. The van der Waals surface area contributed by atoms with Gasteiger partial charge in [0, 0.05) is 0 Å². The summed E-state index contributed by atoms with van der Waals surface area (Å²) >= 11 is 0. The minimum Gasteiger partial charge on any atom is -0.475 e. The zero-order valence-corrected chi connectivity index (χ0v) is 15.5. The van der Waals surface area contributed by atoms with E-state index in [-0.39, 0.29) is 19.8 Å². The number of carbonyl (C=O) groups is 3. The molecule has 1 heterocycles. The summed E-state index contributed by atoms with van der Waals surface area (Å²) in [5.74, 6) is -1.27. The highest BCUT2D eigenvalue weighted by molar-refractivity contribution is 6.05. The van der Waals surface area contributed by atoms with Gasteiger partial charge in [0.05, 0.1) is 18.8 Å². The summed E-state index contributed by atoms with van der Waals surface area (Å²) in [6.07, 6.45) is -1.38. The molecule has 0 saturated heterocycles. The van der Waals surface area contributed by atoms with Crippen molar-refractivity contribution in [2.75, 3.05) is 18.1 Å². The number of hydrogen-bond acceptors (Lipinski definition) is 6. The van der Waals surface area contributed by atoms with Gasteiger partial charge in [0.15, 0.2) is 0 Å². The molecule has 146 valence electrons. The third-order valence-corrected chi connectivity index (χ3v) is 4.16. The van der Waals surface area contributed by atoms with E-state index in [0.29, 0.717) is 11.4 Å². The number of hydrogen-bond donors (Lipinski definition) is 0. The zero-order chi connectivity index (χ0) is 19.9. The first-order chi connectivity index (χ1) is 13.6. The Bertz CT molecular complexity index is 851. The van der Waals surface area contributed by atoms with E-state index in [1.807, 2.05) is 30.3 Å². The average molecular weight is 383 g/mol. The Hall–Kier alpha value is -3.35. The third kappa shape index (κ3) is 4.68. The number of anilines is 1. The SMILES string of the molecule is CCOC(=O)C1CN(C(=O)CC(=O)OCc2ccccc2)c2ccccc2O1. The molecule has 7 nitrogen and oxygen atoms in total. The van der Waals surface area contributed by atoms with Crippen molar-refractivity contribution in [1.29, 1.82) is 0 Å². The number of carbonyl (C=O) groups excluding carboxylic acids is 3. The van der Waals surface area contributed by atoms with Gasteiger partial charge in [-0.05, 0) is 24.6 Å². The Morgan fingerprint density at radius 3 is 2.50 bits per heavy atom. The molecule has 3 rings (SSSR count). The van der Waals surface area contributed by atoms with Crippen LogP contribution in [0.5, 0.6) is 5.75 Å². The number of fused-ring (bicyclic) bond motifs is 1. The zero-order valence-electron chi connectivity index (χ0n) is 15.5. The van der Waals surface area contributed by atoms with Gasteiger partial charge in [-0.25, -0.2) is 4.79 Å². The van der Waals surface area contributed by atoms with E-state index in [1.54, 1.807) is 31.2 Å². The maximum Gasteiger partial charge on any atom is 0.349 e. The highest BCUT2D eigenvalue weighted by atomic mass is 16.6. The maximum atomic E-state index is 12.7. The molecule has 0 aromatic heterocycles. The van der Waals surface area contributed by atoms with E-state index in [2.05, 4.69) is 0 Å². The van der Waals surface area contributed by atoms with E-state index < -0.39 is 30.4 Å². The van der Waals surface area contributed by atoms with E-state index in [4.69, 9.17) is 14.2 Å². The molecule has 2 aromatic carbocycles. The predicted octanol–water partition coefficient (Wildman–Crippen LogP) is 2.48. The number of ether oxygens (including phenoxy) is 3. The van der Waals surface area contributed by atoms with E-state index in [1.165, 1.54) is 4.90 Å². The fourth-order valence-corrected chi connectivity index (χ4v) is 2.84. The second-order valence-electron chi connectivity index (χ2n) is 6.15. The van der Waals surface area contributed by atoms with Gasteiger partial charge < -0.3 is 19.1 Å². The van der Waals surface area contributed by atoms with Crippen molar-refractivity contribution in [3.8, 4) is 5.75 Å². The largest absolute Gasteiger partial charge is 0.475 e. The molecule has 0 N–H and O–H groups in total. The highest BCUT2D eigenvalue weighted by Crippen LogP contribution is 2.33. The second-order valence-corrected chi connectivity index (χ2v) is 6.15. The Kier molecular flexibility index (Phi) is 6.26. The highest BCUT2D eigenvalue weighted by Gasteiger charge is 2.35. The van der Waals surface area contributed by atoms with Crippen LogP contribution in [-0.2, 0) is 30.5 Å². The number of para-hydroxylation sites is 2. The summed E-state index contributed by atoms with van der Waals surface area (Å²) < 4.78 is 15.8. The monoisotopic (exact) mass is 383 g/mol. The van der Waals surface area contributed by atoms with Gasteiger partial charge in [-0.15, -0.1) is 0 Å². The number of nitrogens with zero attached hydrogens (tertiary/aromatic N) is 1. The molecule has 2 aromatic rings. The lowest BCUT2D eigenvalue weighted by molar-refractivity contribution is -0.151. The molecule has 28 heavy (non-hydrogen) atoms. The third-order valence-electron chi connectivity index (χ3n) is 4.16. The Balaban J connectivity index is 1.67. The lowest BCUT2D eigenvalue weighted by Gasteiger charge is -2.33. The number of rotatable bonds is 6. The van der Waals surface area contributed by atoms with Gasteiger partial charge in [-0.3, -0.25) is 9.59 Å². The van der Waals surface area contributed by atoms with Crippen molar-refractivity contribution in [3.05, 3.63) is 60.2 Å². The smallest absolute Gasteiger partial charge is 0.349 e. The second kappa shape index (κ2) is 9.03. The fraction of sp³-hybridized carbons (Fsp3) is 0.286. The molecule has 0 fully saturated rings. The van der Waals surface area contributed by atoms with Crippen LogP contribution in [0.1, 0.15) is 18.9 Å². The van der Waals surface area contributed by atoms with Crippen LogP contribution in [0.25, 0.3) is 0 Å². The van der Waals surface area contributed by atoms with Crippen molar-refractivity contribution in [2.45, 2.75) is 26.1 Å². The first kappa shape index (κ1) is 19.4. The summed E-state index contributed by atoms with van der Waals surface area (Å²) in [5, 5.41) is 0. The van der Waals surface area contributed by atoms with Crippen LogP contribution in [0.15, 0.2) is 54.6 Å². The van der Waals surface area contributed by atoms with Crippen LogP contribution >= 0.6 is 0 Å². The summed E-state index contributed by atoms with van der Waals surface area (Å²) in [5.41, 5.74) is 1.34. The molecule has 0 saturated carbocycles. The van der Waals surface area contributed by atoms with Gasteiger partial charge in [0.1, 0.15) is 18.8 Å². The minimum absolute atomic E-state index is 0.0271. The van der Waals surface area contributed by atoms with Crippen molar-refractivity contribution in [2.24, 2.45) is 0 Å². The predicted molar refractivity (Wildman–Crippen MR) is 101 cm³/mol. The Morgan fingerprint density at radius 2 is 1.75 bits per heavy atom. The van der Waals surface area contributed by atoms with Gasteiger partial charge >= 0.3 is 11.9 Å². The van der Waals surface area contributed by atoms with Gasteiger partial charge in [0.25, 0.3) is 0 Å². The van der Waals surface area contributed by atoms with Crippen molar-refractivity contribution >= 4 is 23.5 Å². The van der Waals surface area contributed by atoms with E-state index >= 15 is 0 Å². The average Bonchev–Trinajstić information content (AvgIpc) is 2.72. The summed E-state index contributed by atoms with van der Waals surface area (Å²) in [7, 11) is 0. The van der Waals surface area contributed by atoms with Crippen LogP contribution in [0, 0.1) is 0 Å². The lowest BCUT2D eigenvalue weighted by Crippen LogP contribution is -2.48. The van der Waals surface area contributed by atoms with E-state index in [0.717, 1.165) is 5.56 Å². The normalized spacial score (nSPS) is 15.2.